The van der Waals surface area contributed by atoms with E-state index in [2.05, 4.69) is 32.8 Å². The van der Waals surface area contributed by atoms with Crippen molar-refractivity contribution in [3.05, 3.63) is 16.9 Å². The van der Waals surface area contributed by atoms with Crippen LogP contribution in [0, 0.1) is 10.8 Å². The van der Waals surface area contributed by atoms with Crippen molar-refractivity contribution < 1.29 is 5.11 Å². The first-order chi connectivity index (χ1) is 8.59. The molecule has 1 aliphatic carbocycles. The van der Waals surface area contributed by atoms with Crippen LogP contribution >= 0.6 is 11.6 Å². The molecule has 0 atom stereocenters. The SMILES string of the molecule is CCn1ncc(Cl)c1C1(O)CC(C)(C)CC(C)(C)C1. The summed E-state index contributed by atoms with van der Waals surface area (Å²) in [5.41, 5.74) is 0.109. The van der Waals surface area contributed by atoms with Crippen molar-refractivity contribution in [3.63, 3.8) is 0 Å². The smallest absolute Gasteiger partial charge is 0.109 e. The average Bonchev–Trinajstić information content (AvgIpc) is 2.54. The van der Waals surface area contributed by atoms with Gasteiger partial charge in [0.1, 0.15) is 5.60 Å². The van der Waals surface area contributed by atoms with Crippen LogP contribution in [0.4, 0.5) is 0 Å². The zero-order valence-electron chi connectivity index (χ0n) is 12.6. The molecular weight excluding hydrogens is 260 g/mol. The summed E-state index contributed by atoms with van der Waals surface area (Å²) in [4.78, 5) is 0. The van der Waals surface area contributed by atoms with Crippen molar-refractivity contribution in [2.75, 3.05) is 0 Å². The van der Waals surface area contributed by atoms with E-state index in [0.29, 0.717) is 5.02 Å². The molecule has 0 aromatic carbocycles. The van der Waals surface area contributed by atoms with Gasteiger partial charge in [-0.15, -0.1) is 0 Å². The molecule has 19 heavy (non-hydrogen) atoms. The van der Waals surface area contributed by atoms with Gasteiger partial charge in [-0.25, -0.2) is 0 Å². The highest BCUT2D eigenvalue weighted by Crippen LogP contribution is 2.54. The Balaban J connectivity index is 2.49. The predicted molar refractivity (Wildman–Crippen MR) is 78.2 cm³/mol. The van der Waals surface area contributed by atoms with Gasteiger partial charge in [-0.05, 0) is 37.0 Å². The van der Waals surface area contributed by atoms with E-state index >= 15 is 0 Å². The predicted octanol–water partition coefficient (Wildman–Crippen LogP) is 3.98. The maximum atomic E-state index is 11.3. The molecule has 4 heteroatoms. The molecule has 0 aliphatic heterocycles. The van der Waals surface area contributed by atoms with Gasteiger partial charge in [-0.3, -0.25) is 4.68 Å². The molecule has 1 fully saturated rings. The Bertz CT molecular complexity index is 460. The second kappa shape index (κ2) is 4.49. The number of hydrogen-bond acceptors (Lipinski definition) is 2. The summed E-state index contributed by atoms with van der Waals surface area (Å²) in [5.74, 6) is 0. The lowest BCUT2D eigenvalue weighted by atomic mass is 9.59. The quantitative estimate of drug-likeness (QED) is 0.892. The Hall–Kier alpha value is -0.540. The highest BCUT2D eigenvalue weighted by Gasteiger charge is 2.49. The third-order valence-electron chi connectivity index (χ3n) is 4.03. The minimum atomic E-state index is -0.880. The van der Waals surface area contributed by atoms with Gasteiger partial charge in [-0.2, -0.15) is 5.10 Å². The number of halogens is 1. The summed E-state index contributed by atoms with van der Waals surface area (Å²) >= 11 is 6.29. The van der Waals surface area contributed by atoms with Crippen molar-refractivity contribution in [3.8, 4) is 0 Å². The minimum Gasteiger partial charge on any atom is -0.383 e. The van der Waals surface area contributed by atoms with E-state index in [1.165, 1.54) is 0 Å². The van der Waals surface area contributed by atoms with E-state index in [9.17, 15) is 5.11 Å². The molecule has 1 aromatic heterocycles. The molecule has 108 valence electrons. The maximum absolute atomic E-state index is 11.3. The summed E-state index contributed by atoms with van der Waals surface area (Å²) in [6.07, 6.45) is 4.22. The molecule has 1 saturated carbocycles. The van der Waals surface area contributed by atoms with Crippen molar-refractivity contribution in [1.82, 2.24) is 9.78 Å². The van der Waals surface area contributed by atoms with Crippen LogP contribution < -0.4 is 0 Å². The summed E-state index contributed by atoms with van der Waals surface area (Å²) in [5, 5.41) is 16.1. The lowest BCUT2D eigenvalue weighted by molar-refractivity contribution is -0.0962. The van der Waals surface area contributed by atoms with Gasteiger partial charge in [0.15, 0.2) is 0 Å². The molecule has 0 amide bonds. The van der Waals surface area contributed by atoms with E-state index in [1.54, 1.807) is 6.20 Å². The third-order valence-corrected chi connectivity index (χ3v) is 4.31. The van der Waals surface area contributed by atoms with Gasteiger partial charge >= 0.3 is 0 Å². The summed E-state index contributed by atoms with van der Waals surface area (Å²) in [7, 11) is 0. The van der Waals surface area contributed by atoms with Gasteiger partial charge in [0, 0.05) is 6.54 Å². The lowest BCUT2D eigenvalue weighted by Crippen LogP contribution is -2.45. The Morgan fingerprint density at radius 2 is 1.74 bits per heavy atom. The molecular formula is C15H25ClN2O. The Labute approximate surface area is 121 Å². The van der Waals surface area contributed by atoms with Gasteiger partial charge in [0.25, 0.3) is 0 Å². The Morgan fingerprint density at radius 1 is 1.21 bits per heavy atom. The third kappa shape index (κ3) is 2.82. The largest absolute Gasteiger partial charge is 0.383 e. The van der Waals surface area contributed by atoms with Crippen LogP contribution in [0.15, 0.2) is 6.20 Å². The van der Waals surface area contributed by atoms with Crippen LogP contribution in [-0.4, -0.2) is 14.9 Å². The molecule has 2 rings (SSSR count). The van der Waals surface area contributed by atoms with Crippen LogP contribution in [0.5, 0.6) is 0 Å². The van der Waals surface area contributed by atoms with Gasteiger partial charge in [-0.1, -0.05) is 39.3 Å². The van der Waals surface area contributed by atoms with E-state index in [1.807, 2.05) is 11.6 Å². The molecule has 0 spiro atoms. The fraction of sp³-hybridized carbons (Fsp3) is 0.800. The van der Waals surface area contributed by atoms with Crippen LogP contribution in [0.3, 0.4) is 0 Å². The maximum Gasteiger partial charge on any atom is 0.109 e. The first-order valence-corrected chi connectivity index (χ1v) is 7.41. The van der Waals surface area contributed by atoms with E-state index in [-0.39, 0.29) is 10.8 Å². The van der Waals surface area contributed by atoms with Gasteiger partial charge < -0.3 is 5.11 Å². The number of rotatable bonds is 2. The van der Waals surface area contributed by atoms with Gasteiger partial charge in [0.2, 0.25) is 0 Å². The molecule has 1 heterocycles. The number of aryl methyl sites for hydroxylation is 1. The standard InChI is InChI=1S/C15H25ClN2O/c1-6-18-12(11(16)7-17-18)15(19)9-13(2,3)8-14(4,5)10-15/h7,19H,6,8-10H2,1-5H3. The second-order valence-corrected chi connectivity index (χ2v) is 7.95. The van der Waals surface area contributed by atoms with Crippen molar-refractivity contribution >= 4 is 11.6 Å². The van der Waals surface area contributed by atoms with Gasteiger partial charge in [0.05, 0.1) is 16.9 Å². The first-order valence-electron chi connectivity index (χ1n) is 7.03. The fourth-order valence-electron chi connectivity index (χ4n) is 4.30. The summed E-state index contributed by atoms with van der Waals surface area (Å²) in [6.45, 7) is 11.6. The van der Waals surface area contributed by atoms with Crippen LogP contribution in [0.2, 0.25) is 5.02 Å². The van der Waals surface area contributed by atoms with Crippen molar-refractivity contribution in [2.24, 2.45) is 10.8 Å². The Morgan fingerprint density at radius 3 is 2.21 bits per heavy atom. The Kier molecular flexibility index (Phi) is 3.51. The minimum absolute atomic E-state index is 0.0999. The highest BCUT2D eigenvalue weighted by molar-refractivity contribution is 6.31. The summed E-state index contributed by atoms with van der Waals surface area (Å²) in [6, 6.07) is 0. The molecule has 0 unspecified atom stereocenters. The zero-order chi connectivity index (χ0) is 14.5. The number of nitrogens with zero attached hydrogens (tertiary/aromatic N) is 2. The summed E-state index contributed by atoms with van der Waals surface area (Å²) < 4.78 is 1.83. The van der Waals surface area contributed by atoms with E-state index in [0.717, 1.165) is 31.5 Å². The second-order valence-electron chi connectivity index (χ2n) is 7.55. The molecule has 1 aliphatic rings. The zero-order valence-corrected chi connectivity index (χ0v) is 13.4. The normalized spacial score (nSPS) is 24.4. The molecule has 0 bridgehead atoms. The number of aromatic nitrogens is 2. The lowest BCUT2D eigenvalue weighted by Gasteiger charge is -2.49. The monoisotopic (exact) mass is 284 g/mol. The molecule has 0 radical (unpaired) electrons. The molecule has 1 aromatic rings. The van der Waals surface area contributed by atoms with Crippen LogP contribution in [0.25, 0.3) is 0 Å². The van der Waals surface area contributed by atoms with Crippen LogP contribution in [-0.2, 0) is 12.1 Å². The van der Waals surface area contributed by atoms with Crippen molar-refractivity contribution in [1.29, 1.82) is 0 Å². The van der Waals surface area contributed by atoms with Crippen molar-refractivity contribution in [2.45, 2.75) is 66.0 Å². The number of aliphatic hydroxyl groups is 1. The topological polar surface area (TPSA) is 38.0 Å². The first kappa shape index (κ1) is 14.9. The van der Waals surface area contributed by atoms with E-state index in [4.69, 9.17) is 11.6 Å². The molecule has 0 saturated heterocycles. The average molecular weight is 285 g/mol. The fourth-order valence-corrected chi connectivity index (χ4v) is 4.62. The van der Waals surface area contributed by atoms with E-state index < -0.39 is 5.60 Å². The molecule has 3 nitrogen and oxygen atoms in total. The number of hydrogen-bond donors (Lipinski definition) is 1. The van der Waals surface area contributed by atoms with Crippen LogP contribution in [0.1, 0.15) is 59.6 Å². The molecule has 1 N–H and O–H groups in total. The highest BCUT2D eigenvalue weighted by atomic mass is 35.5.